The first kappa shape index (κ1) is 21.1. The average Bonchev–Trinajstić information content (AvgIpc) is 3.19. The van der Waals surface area contributed by atoms with Gasteiger partial charge in [0.05, 0.1) is 6.61 Å². The Morgan fingerprint density at radius 1 is 1.10 bits per heavy atom. The number of fused-ring (bicyclic) bond motifs is 1. The molecule has 0 aliphatic heterocycles. The SMILES string of the molecule is C=CC(=O)OCC(C)(CC)COc1ccc2cc(-c3ccc(CC)cc3)sc2c1. The largest absolute Gasteiger partial charge is 0.493 e. The third-order valence-corrected chi connectivity index (χ3v) is 6.46. The number of thiophene rings is 1. The molecule has 0 amide bonds. The van der Waals surface area contributed by atoms with Crippen molar-refractivity contribution in [2.24, 2.45) is 5.41 Å². The van der Waals surface area contributed by atoms with E-state index < -0.39 is 5.97 Å². The van der Waals surface area contributed by atoms with Gasteiger partial charge in [-0.25, -0.2) is 4.79 Å². The van der Waals surface area contributed by atoms with Crippen LogP contribution in [0.3, 0.4) is 0 Å². The van der Waals surface area contributed by atoms with Crippen molar-refractivity contribution in [2.75, 3.05) is 13.2 Å². The van der Waals surface area contributed by atoms with Gasteiger partial charge < -0.3 is 9.47 Å². The van der Waals surface area contributed by atoms with Gasteiger partial charge >= 0.3 is 5.97 Å². The van der Waals surface area contributed by atoms with Gasteiger partial charge in [0.15, 0.2) is 0 Å². The lowest BCUT2D eigenvalue weighted by atomic mass is 9.90. The van der Waals surface area contributed by atoms with E-state index in [2.05, 4.69) is 69.8 Å². The van der Waals surface area contributed by atoms with Crippen molar-refractivity contribution in [3.63, 3.8) is 0 Å². The quantitative estimate of drug-likeness (QED) is 0.293. The standard InChI is InChI=1S/C25H28O3S/c1-5-18-8-10-19(11-9-18)22-14-20-12-13-21(15-23(20)29-22)27-16-25(4,7-3)17-28-24(26)6-2/h6,8-15H,2,5,7,16-17H2,1,3-4H3. The minimum Gasteiger partial charge on any atom is -0.493 e. The van der Waals surface area contributed by atoms with Crippen molar-refractivity contribution in [3.05, 3.63) is 66.7 Å². The molecule has 0 aliphatic carbocycles. The highest BCUT2D eigenvalue weighted by atomic mass is 32.1. The van der Waals surface area contributed by atoms with Crippen LogP contribution in [0.25, 0.3) is 20.5 Å². The summed E-state index contributed by atoms with van der Waals surface area (Å²) in [5.41, 5.74) is 2.35. The molecule has 3 aromatic rings. The minimum absolute atomic E-state index is 0.241. The van der Waals surface area contributed by atoms with E-state index in [4.69, 9.17) is 9.47 Å². The summed E-state index contributed by atoms with van der Waals surface area (Å²) in [5.74, 6) is 0.436. The summed E-state index contributed by atoms with van der Waals surface area (Å²) < 4.78 is 12.5. The second kappa shape index (κ2) is 9.27. The summed E-state index contributed by atoms with van der Waals surface area (Å²) in [7, 11) is 0. The molecule has 1 atom stereocenters. The molecule has 152 valence electrons. The summed E-state index contributed by atoms with van der Waals surface area (Å²) in [6, 6.07) is 17.2. The molecule has 1 aromatic heterocycles. The van der Waals surface area contributed by atoms with Gasteiger partial charge in [-0.05, 0) is 53.6 Å². The van der Waals surface area contributed by atoms with E-state index in [1.165, 1.54) is 32.2 Å². The average molecular weight is 409 g/mol. The summed E-state index contributed by atoms with van der Waals surface area (Å²) in [6.07, 6.45) is 3.09. The minimum atomic E-state index is -0.399. The molecule has 1 unspecified atom stereocenters. The summed E-state index contributed by atoms with van der Waals surface area (Å²) >= 11 is 1.77. The van der Waals surface area contributed by atoms with Gasteiger partial charge in [0.1, 0.15) is 12.4 Å². The number of carbonyl (C=O) groups is 1. The first-order chi connectivity index (χ1) is 14.0. The van der Waals surface area contributed by atoms with Crippen LogP contribution >= 0.6 is 11.3 Å². The highest BCUT2D eigenvalue weighted by Gasteiger charge is 2.25. The predicted octanol–water partition coefficient (Wildman–Crippen LogP) is 6.66. The second-order valence-corrected chi connectivity index (χ2v) is 8.71. The van der Waals surface area contributed by atoms with Crippen molar-refractivity contribution in [2.45, 2.75) is 33.6 Å². The summed E-state index contributed by atoms with van der Waals surface area (Å²) in [6.45, 7) is 10.5. The van der Waals surface area contributed by atoms with E-state index in [-0.39, 0.29) is 5.41 Å². The molecular formula is C25H28O3S. The van der Waals surface area contributed by atoms with E-state index >= 15 is 0 Å². The van der Waals surface area contributed by atoms with Gasteiger partial charge in [0, 0.05) is 21.1 Å². The van der Waals surface area contributed by atoms with Crippen LogP contribution in [0, 0.1) is 5.41 Å². The number of hydrogen-bond donors (Lipinski definition) is 0. The molecule has 0 saturated carbocycles. The van der Waals surface area contributed by atoms with Crippen LogP contribution in [0.2, 0.25) is 0 Å². The topological polar surface area (TPSA) is 35.5 Å². The van der Waals surface area contributed by atoms with Crippen molar-refractivity contribution in [1.82, 2.24) is 0 Å². The summed E-state index contributed by atoms with van der Waals surface area (Å²) in [4.78, 5) is 12.6. The second-order valence-electron chi connectivity index (χ2n) is 7.63. The lowest BCUT2D eigenvalue weighted by Crippen LogP contribution is -2.30. The molecule has 4 heteroatoms. The molecule has 0 saturated heterocycles. The Kier molecular flexibility index (Phi) is 6.75. The molecule has 0 spiro atoms. The van der Waals surface area contributed by atoms with Crippen molar-refractivity contribution in [3.8, 4) is 16.2 Å². The fraction of sp³-hybridized carbons (Fsp3) is 0.320. The molecule has 0 aliphatic rings. The van der Waals surface area contributed by atoms with Gasteiger partial charge in [-0.15, -0.1) is 11.3 Å². The summed E-state index contributed by atoms with van der Waals surface area (Å²) in [5, 5.41) is 1.22. The molecule has 0 bridgehead atoms. The highest BCUT2D eigenvalue weighted by molar-refractivity contribution is 7.22. The molecule has 29 heavy (non-hydrogen) atoms. The molecule has 0 N–H and O–H groups in total. The Balaban J connectivity index is 1.72. The van der Waals surface area contributed by atoms with E-state index in [1.807, 2.05) is 6.07 Å². The maximum Gasteiger partial charge on any atom is 0.330 e. The normalized spacial score (nSPS) is 13.1. The zero-order valence-electron chi connectivity index (χ0n) is 17.4. The zero-order chi connectivity index (χ0) is 20.9. The number of ether oxygens (including phenoxy) is 2. The zero-order valence-corrected chi connectivity index (χ0v) is 18.2. The van der Waals surface area contributed by atoms with Crippen LogP contribution in [0.4, 0.5) is 0 Å². The van der Waals surface area contributed by atoms with Crippen LogP contribution in [0.5, 0.6) is 5.75 Å². The fourth-order valence-electron chi connectivity index (χ4n) is 2.96. The Labute approximate surface area is 177 Å². The fourth-order valence-corrected chi connectivity index (χ4v) is 4.05. The molecule has 2 aromatic carbocycles. The Morgan fingerprint density at radius 3 is 2.52 bits per heavy atom. The Morgan fingerprint density at radius 2 is 1.86 bits per heavy atom. The molecular weight excluding hydrogens is 380 g/mol. The van der Waals surface area contributed by atoms with Crippen LogP contribution < -0.4 is 4.74 Å². The smallest absolute Gasteiger partial charge is 0.330 e. The molecule has 0 fully saturated rings. The van der Waals surface area contributed by atoms with Gasteiger partial charge in [0.2, 0.25) is 0 Å². The number of esters is 1. The number of carbonyl (C=O) groups excluding carboxylic acids is 1. The van der Waals surface area contributed by atoms with Crippen LogP contribution in [0.15, 0.2) is 61.2 Å². The van der Waals surface area contributed by atoms with Gasteiger partial charge in [0.25, 0.3) is 0 Å². The third kappa shape index (κ3) is 5.27. The van der Waals surface area contributed by atoms with Gasteiger partial charge in [-0.1, -0.05) is 51.6 Å². The monoisotopic (exact) mass is 408 g/mol. The molecule has 0 radical (unpaired) electrons. The third-order valence-electron chi connectivity index (χ3n) is 5.31. The van der Waals surface area contributed by atoms with E-state index in [1.54, 1.807) is 11.3 Å². The molecule has 3 nitrogen and oxygen atoms in total. The molecule has 3 rings (SSSR count). The van der Waals surface area contributed by atoms with Crippen LogP contribution in [-0.4, -0.2) is 19.2 Å². The number of benzene rings is 2. The van der Waals surface area contributed by atoms with Crippen LogP contribution in [0.1, 0.15) is 32.8 Å². The number of aryl methyl sites for hydroxylation is 1. The Hall–Kier alpha value is -2.59. The first-order valence-corrected chi connectivity index (χ1v) is 10.8. The highest BCUT2D eigenvalue weighted by Crippen LogP contribution is 2.36. The lowest BCUT2D eigenvalue weighted by molar-refractivity contribution is -0.141. The van der Waals surface area contributed by atoms with E-state index in [9.17, 15) is 4.79 Å². The van der Waals surface area contributed by atoms with Crippen molar-refractivity contribution in [1.29, 1.82) is 0 Å². The van der Waals surface area contributed by atoms with Crippen molar-refractivity contribution >= 4 is 27.4 Å². The Bertz CT molecular complexity index is 987. The maximum atomic E-state index is 11.4. The van der Waals surface area contributed by atoms with E-state index in [0.29, 0.717) is 13.2 Å². The van der Waals surface area contributed by atoms with Gasteiger partial charge in [-0.3, -0.25) is 0 Å². The van der Waals surface area contributed by atoms with E-state index in [0.717, 1.165) is 18.6 Å². The number of rotatable bonds is 9. The lowest BCUT2D eigenvalue weighted by Gasteiger charge is -2.27. The first-order valence-electron chi connectivity index (χ1n) is 10.0. The van der Waals surface area contributed by atoms with Gasteiger partial charge in [-0.2, -0.15) is 0 Å². The molecule has 1 heterocycles. The number of hydrogen-bond acceptors (Lipinski definition) is 4. The van der Waals surface area contributed by atoms with Crippen LogP contribution in [-0.2, 0) is 16.0 Å². The predicted molar refractivity (Wildman–Crippen MR) is 122 cm³/mol. The van der Waals surface area contributed by atoms with Crippen molar-refractivity contribution < 1.29 is 14.3 Å². The maximum absolute atomic E-state index is 11.4.